The van der Waals surface area contributed by atoms with E-state index in [2.05, 4.69) is 10.4 Å². The Morgan fingerprint density at radius 3 is 2.37 bits per heavy atom. The summed E-state index contributed by atoms with van der Waals surface area (Å²) in [5, 5.41) is 6.38. The van der Waals surface area contributed by atoms with Gasteiger partial charge in [-0.1, -0.05) is 30.3 Å². The van der Waals surface area contributed by atoms with Gasteiger partial charge in [0, 0.05) is 32.9 Å². The number of hydrogen-bond donors (Lipinski definition) is 1. The molecule has 0 bridgehead atoms. The molecular weight excluding hydrogens is 575 g/mol. The molecule has 43 heavy (non-hydrogen) atoms. The second kappa shape index (κ2) is 9.86. The van der Waals surface area contributed by atoms with E-state index in [4.69, 9.17) is 0 Å². The summed E-state index contributed by atoms with van der Waals surface area (Å²) in [4.78, 5) is 43.2. The van der Waals surface area contributed by atoms with Crippen LogP contribution in [-0.2, 0) is 35.1 Å². The number of hydrogen-bond acceptors (Lipinski definition) is 5. The molecule has 1 atom stereocenters. The normalized spacial score (nSPS) is 21.2. The first-order chi connectivity index (χ1) is 20.2. The number of likely N-dealkylation sites (tertiary alicyclic amines) is 1. The summed E-state index contributed by atoms with van der Waals surface area (Å²) in [6.45, 7) is -2.41. The molecule has 1 N–H and O–H groups in total. The summed E-state index contributed by atoms with van der Waals surface area (Å²) in [5.41, 5.74) is -1.84. The minimum absolute atomic E-state index is 0.160. The molecule has 3 aromatic rings. The summed E-state index contributed by atoms with van der Waals surface area (Å²) in [5.74, 6) is -3.08. The molecule has 3 aliphatic rings. The van der Waals surface area contributed by atoms with Gasteiger partial charge in [-0.2, -0.15) is 17.6 Å². The van der Waals surface area contributed by atoms with Gasteiger partial charge in [0.05, 0.1) is 5.56 Å². The number of carbonyl (C=O) groups excluding carboxylic acids is 3. The molecule has 2 aliphatic heterocycles. The summed E-state index contributed by atoms with van der Waals surface area (Å²) >= 11 is 0. The predicted molar refractivity (Wildman–Crippen MR) is 142 cm³/mol. The van der Waals surface area contributed by atoms with Crippen molar-refractivity contribution in [2.24, 2.45) is 7.05 Å². The van der Waals surface area contributed by atoms with E-state index >= 15 is 0 Å². The van der Waals surface area contributed by atoms with Gasteiger partial charge in [0.15, 0.2) is 5.54 Å². The van der Waals surface area contributed by atoms with Gasteiger partial charge in [-0.3, -0.25) is 19.2 Å². The van der Waals surface area contributed by atoms with E-state index in [0.717, 1.165) is 12.1 Å². The number of amides is 4. The number of halogens is 5. The Labute approximate surface area is 242 Å². The Morgan fingerprint density at radius 1 is 1.07 bits per heavy atom. The Kier molecular flexibility index (Phi) is 6.60. The number of likely N-dealkylation sites (N-methyl/N-ethyl adjacent to an activating group) is 1. The number of nitrogens with zero attached hydrogens (tertiary/aromatic N) is 5. The molecule has 2 aromatic carbocycles. The van der Waals surface area contributed by atoms with Crippen LogP contribution in [0.5, 0.6) is 0 Å². The fraction of sp³-hybridized carbons (Fsp3) is 0.379. The van der Waals surface area contributed by atoms with Crippen molar-refractivity contribution < 1.29 is 36.3 Å². The molecule has 2 fully saturated rings. The third-order valence-electron chi connectivity index (χ3n) is 8.56. The quantitative estimate of drug-likeness (QED) is 0.346. The van der Waals surface area contributed by atoms with Crippen LogP contribution in [0.15, 0.2) is 48.7 Å². The van der Waals surface area contributed by atoms with Crippen molar-refractivity contribution in [3.05, 3.63) is 77.1 Å². The number of imide groups is 1. The maximum absolute atomic E-state index is 14.5. The topological polar surface area (TPSA) is 90.8 Å². The molecule has 0 unspecified atom stereocenters. The van der Waals surface area contributed by atoms with Crippen LogP contribution >= 0.6 is 0 Å². The van der Waals surface area contributed by atoms with Gasteiger partial charge in [0.2, 0.25) is 11.9 Å². The zero-order valence-corrected chi connectivity index (χ0v) is 23.2. The Hall–Kier alpha value is -4.33. The number of rotatable bonds is 6. The molecule has 2 saturated heterocycles. The molecule has 9 nitrogen and oxygen atoms in total. The monoisotopic (exact) mass is 602 g/mol. The highest BCUT2D eigenvalue weighted by Crippen LogP contribution is 2.45. The van der Waals surface area contributed by atoms with E-state index in [1.54, 1.807) is 25.2 Å². The van der Waals surface area contributed by atoms with Crippen LogP contribution in [0.25, 0.3) is 11.1 Å². The van der Waals surface area contributed by atoms with Crippen molar-refractivity contribution in [1.29, 1.82) is 0 Å². The SMILES string of the molecule is CN1CC(N(Cc2ccc(F)cc2)C(=O)CN2C(=O)N[C@]3(CCc4cc(-c5cn(C)nc5F)ccc43)C2=O)(C(F)(F)F)C1. The third-order valence-corrected chi connectivity index (χ3v) is 8.56. The summed E-state index contributed by atoms with van der Waals surface area (Å²) in [6.07, 6.45) is -2.78. The lowest BCUT2D eigenvalue weighted by atomic mass is 9.86. The fourth-order valence-electron chi connectivity index (χ4n) is 6.44. The lowest BCUT2D eigenvalue weighted by molar-refractivity contribution is -0.268. The number of aromatic nitrogens is 2. The van der Waals surface area contributed by atoms with Gasteiger partial charge >= 0.3 is 12.2 Å². The number of nitrogens with one attached hydrogen (secondary N) is 1. The van der Waals surface area contributed by atoms with Crippen molar-refractivity contribution in [3.63, 3.8) is 0 Å². The summed E-state index contributed by atoms with van der Waals surface area (Å²) < 4.78 is 72.6. The molecule has 6 rings (SSSR count). The molecule has 4 amide bonds. The number of benzene rings is 2. The van der Waals surface area contributed by atoms with Crippen LogP contribution in [-0.4, -0.2) is 80.7 Å². The second-order valence-electron chi connectivity index (χ2n) is 11.4. The zero-order chi connectivity index (χ0) is 30.9. The standard InChI is InChI=1S/C29H27F5N6O3/c1-37-15-27(16-37,29(32,33)34)40(12-17-3-6-20(30)7-4-17)23(41)14-39-25(42)28(35-26(39)43)10-9-19-11-18(5-8-22(19)28)21-13-38(2)36-24(21)31/h3-8,11,13H,9-10,12,14-16H2,1-2H3,(H,35,43)/t28-/m0/s1. The molecule has 0 radical (unpaired) electrons. The largest absolute Gasteiger partial charge is 0.414 e. The van der Waals surface area contributed by atoms with E-state index in [1.165, 1.54) is 35.0 Å². The highest BCUT2D eigenvalue weighted by Gasteiger charge is 2.66. The third kappa shape index (κ3) is 4.55. The van der Waals surface area contributed by atoms with E-state index in [0.29, 0.717) is 32.9 Å². The molecule has 1 aromatic heterocycles. The number of carbonyl (C=O) groups is 3. The van der Waals surface area contributed by atoms with Gasteiger partial charge in [0.25, 0.3) is 5.91 Å². The molecule has 1 aliphatic carbocycles. The molecule has 0 saturated carbocycles. The fourth-order valence-corrected chi connectivity index (χ4v) is 6.44. The zero-order valence-electron chi connectivity index (χ0n) is 23.2. The van der Waals surface area contributed by atoms with Crippen LogP contribution in [0.4, 0.5) is 26.7 Å². The van der Waals surface area contributed by atoms with Crippen molar-refractivity contribution in [3.8, 4) is 11.1 Å². The minimum atomic E-state index is -4.82. The van der Waals surface area contributed by atoms with Gasteiger partial charge in [-0.15, -0.1) is 5.10 Å². The number of aryl methyl sites for hydroxylation is 2. The number of fused-ring (bicyclic) bond motifs is 2. The molecular formula is C29H27F5N6O3. The lowest BCUT2D eigenvalue weighted by Crippen LogP contribution is -2.77. The average molecular weight is 603 g/mol. The van der Waals surface area contributed by atoms with E-state index in [9.17, 15) is 36.3 Å². The van der Waals surface area contributed by atoms with Crippen LogP contribution < -0.4 is 5.32 Å². The van der Waals surface area contributed by atoms with Gasteiger partial charge < -0.3 is 15.1 Å². The van der Waals surface area contributed by atoms with Crippen LogP contribution in [0.1, 0.15) is 23.1 Å². The molecule has 1 spiro atoms. The van der Waals surface area contributed by atoms with E-state index < -0.39 is 73.0 Å². The maximum atomic E-state index is 14.5. The first-order valence-electron chi connectivity index (χ1n) is 13.5. The van der Waals surface area contributed by atoms with Gasteiger partial charge in [-0.25, -0.2) is 9.18 Å². The van der Waals surface area contributed by atoms with Crippen molar-refractivity contribution >= 4 is 17.8 Å². The first-order valence-corrected chi connectivity index (χ1v) is 13.5. The Morgan fingerprint density at radius 2 is 1.77 bits per heavy atom. The Bertz CT molecular complexity index is 1630. The summed E-state index contributed by atoms with van der Waals surface area (Å²) in [6, 6.07) is 8.75. The number of urea groups is 1. The second-order valence-corrected chi connectivity index (χ2v) is 11.4. The van der Waals surface area contributed by atoms with Crippen LogP contribution in [0, 0.1) is 11.8 Å². The van der Waals surface area contributed by atoms with Crippen molar-refractivity contribution in [2.45, 2.75) is 36.6 Å². The highest BCUT2D eigenvalue weighted by atomic mass is 19.4. The predicted octanol–water partition coefficient (Wildman–Crippen LogP) is 3.33. The highest BCUT2D eigenvalue weighted by molar-refractivity contribution is 6.10. The molecule has 14 heteroatoms. The van der Waals surface area contributed by atoms with Crippen molar-refractivity contribution in [1.82, 2.24) is 29.8 Å². The van der Waals surface area contributed by atoms with Crippen molar-refractivity contribution in [2.75, 3.05) is 26.7 Å². The van der Waals surface area contributed by atoms with E-state index in [-0.39, 0.29) is 17.5 Å². The lowest BCUT2D eigenvalue weighted by Gasteiger charge is -2.55. The van der Waals surface area contributed by atoms with E-state index in [1.807, 2.05) is 0 Å². The van der Waals surface area contributed by atoms with Gasteiger partial charge in [0.1, 0.15) is 17.9 Å². The molecule has 3 heterocycles. The van der Waals surface area contributed by atoms with Crippen LogP contribution in [0.2, 0.25) is 0 Å². The maximum Gasteiger partial charge on any atom is 0.414 e. The number of alkyl halides is 3. The van der Waals surface area contributed by atoms with Crippen LogP contribution in [0.3, 0.4) is 0 Å². The van der Waals surface area contributed by atoms with Gasteiger partial charge in [-0.05, 0) is 54.3 Å². The smallest absolute Gasteiger partial charge is 0.320 e. The average Bonchev–Trinajstić information content (AvgIpc) is 3.54. The molecule has 226 valence electrons. The minimum Gasteiger partial charge on any atom is -0.320 e. The summed E-state index contributed by atoms with van der Waals surface area (Å²) in [7, 11) is 3.06. The first kappa shape index (κ1) is 28.8. The Balaban J connectivity index is 1.28.